The van der Waals surface area contributed by atoms with Crippen LogP contribution in [0, 0.1) is 0 Å². The van der Waals surface area contributed by atoms with Crippen molar-refractivity contribution in [3.8, 4) is 28.2 Å². The second kappa shape index (κ2) is 15.0. The summed E-state index contributed by atoms with van der Waals surface area (Å²) in [6.45, 7) is 6.03. The zero-order chi connectivity index (χ0) is 43.9. The first kappa shape index (κ1) is 37.9. The van der Waals surface area contributed by atoms with Crippen LogP contribution in [0.25, 0.3) is 121 Å². The molecule has 13 aromatic rings. The highest BCUT2D eigenvalue weighted by atomic mass is 15.0. The van der Waals surface area contributed by atoms with Crippen LogP contribution in [0.4, 0.5) is 0 Å². The lowest BCUT2D eigenvalue weighted by Crippen LogP contribution is -1.97. The lowest BCUT2D eigenvalue weighted by Gasteiger charge is -2.13. The molecule has 13 rings (SSSR count). The Morgan fingerprint density at radius 2 is 0.758 bits per heavy atom. The summed E-state index contributed by atoms with van der Waals surface area (Å²) >= 11 is 0. The lowest BCUT2D eigenvalue weighted by atomic mass is 10.0. The predicted octanol–water partition coefficient (Wildman–Crippen LogP) is 16.7. The average molecular weight is 845 g/mol. The van der Waals surface area contributed by atoms with Crippen molar-refractivity contribution in [2.24, 2.45) is 0 Å². The smallest absolute Gasteiger partial charge is 0.0562 e. The first-order chi connectivity index (χ1) is 32.7. The Morgan fingerprint density at radius 1 is 0.379 bits per heavy atom. The summed E-state index contributed by atoms with van der Waals surface area (Å²) < 4.78 is 9.71. The van der Waals surface area contributed by atoms with E-state index in [0.29, 0.717) is 0 Å². The van der Waals surface area contributed by atoms with Crippen molar-refractivity contribution in [3.63, 3.8) is 0 Å². The molecule has 0 unspecified atom stereocenters. The van der Waals surface area contributed by atoms with E-state index in [9.17, 15) is 0 Å². The van der Waals surface area contributed by atoms with Crippen molar-refractivity contribution in [2.45, 2.75) is 13.3 Å². The fraction of sp³-hybridized carbons (Fsp3) is 0.0323. The molecule has 4 heterocycles. The quantitative estimate of drug-likeness (QED) is 0.136. The molecule has 0 atom stereocenters. The Balaban J connectivity index is 0.920. The van der Waals surface area contributed by atoms with Crippen molar-refractivity contribution in [2.75, 3.05) is 0 Å². The number of hydrogen-bond acceptors (Lipinski definition) is 0. The highest BCUT2D eigenvalue weighted by molar-refractivity contribution is 6.21. The zero-order valence-electron chi connectivity index (χ0n) is 36.6. The van der Waals surface area contributed by atoms with Gasteiger partial charge in [0.2, 0.25) is 0 Å². The summed E-state index contributed by atoms with van der Waals surface area (Å²) in [5.74, 6) is 0. The number of aromatic nitrogens is 4. The maximum absolute atomic E-state index is 3.90. The molecule has 0 saturated heterocycles. The first-order valence-corrected chi connectivity index (χ1v) is 22.8. The summed E-state index contributed by atoms with van der Waals surface area (Å²) in [6.07, 6.45) is 9.10. The lowest BCUT2D eigenvalue weighted by molar-refractivity contribution is 1.13. The molecule has 312 valence electrons. The van der Waals surface area contributed by atoms with Gasteiger partial charge in [-0.3, -0.25) is 0 Å². The fourth-order valence-electron chi connectivity index (χ4n) is 10.8. The molecule has 0 aliphatic carbocycles. The van der Waals surface area contributed by atoms with E-state index in [1.165, 1.54) is 104 Å². The van der Waals surface area contributed by atoms with E-state index in [1.807, 2.05) is 12.2 Å². The van der Waals surface area contributed by atoms with Crippen LogP contribution in [0.5, 0.6) is 0 Å². The van der Waals surface area contributed by atoms with E-state index in [2.05, 4.69) is 244 Å². The van der Waals surface area contributed by atoms with Crippen molar-refractivity contribution < 1.29 is 0 Å². The average Bonchev–Trinajstić information content (AvgIpc) is 4.09. The van der Waals surface area contributed by atoms with Gasteiger partial charge in [0.1, 0.15) is 0 Å². The van der Waals surface area contributed by atoms with Crippen molar-refractivity contribution in [1.82, 2.24) is 18.3 Å². The fourth-order valence-corrected chi connectivity index (χ4v) is 10.8. The van der Waals surface area contributed by atoms with Crippen LogP contribution in [0.2, 0.25) is 0 Å². The largest absolute Gasteiger partial charge is 0.313 e. The molecule has 0 saturated carbocycles. The molecular formula is C62H44N4. The van der Waals surface area contributed by atoms with Crippen LogP contribution < -0.4 is 0 Å². The second-order valence-electron chi connectivity index (χ2n) is 17.3. The zero-order valence-corrected chi connectivity index (χ0v) is 36.6. The Labute approximate surface area is 382 Å². The van der Waals surface area contributed by atoms with Gasteiger partial charge in [-0.15, -0.1) is 0 Å². The van der Waals surface area contributed by atoms with E-state index in [4.69, 9.17) is 0 Å². The molecule has 4 heteroatoms. The van der Waals surface area contributed by atoms with Crippen molar-refractivity contribution >= 4 is 92.9 Å². The van der Waals surface area contributed by atoms with Crippen LogP contribution in [0.15, 0.2) is 231 Å². The van der Waals surface area contributed by atoms with Gasteiger partial charge in [0.15, 0.2) is 0 Å². The van der Waals surface area contributed by atoms with E-state index >= 15 is 0 Å². The molecule has 0 fully saturated rings. The van der Waals surface area contributed by atoms with Crippen LogP contribution >= 0.6 is 0 Å². The third-order valence-electron chi connectivity index (χ3n) is 13.8. The summed E-state index contributed by atoms with van der Waals surface area (Å²) in [5, 5.41) is 10.0. The Bertz CT molecular complexity index is 4130. The number of para-hydroxylation sites is 5. The normalized spacial score (nSPS) is 12.5. The number of benzene rings is 9. The highest BCUT2D eigenvalue weighted by Gasteiger charge is 2.21. The van der Waals surface area contributed by atoms with E-state index in [-0.39, 0.29) is 0 Å². The molecule has 0 amide bonds. The van der Waals surface area contributed by atoms with Gasteiger partial charge in [-0.1, -0.05) is 146 Å². The van der Waals surface area contributed by atoms with E-state index in [1.54, 1.807) is 0 Å². The van der Waals surface area contributed by atoms with Gasteiger partial charge in [-0.05, 0) is 103 Å². The maximum atomic E-state index is 3.90. The molecule has 4 nitrogen and oxygen atoms in total. The maximum Gasteiger partial charge on any atom is 0.0562 e. The Morgan fingerprint density at radius 3 is 1.21 bits per heavy atom. The first-order valence-electron chi connectivity index (χ1n) is 22.8. The van der Waals surface area contributed by atoms with Crippen molar-refractivity contribution in [1.29, 1.82) is 0 Å². The predicted molar refractivity (Wildman–Crippen MR) is 282 cm³/mol. The minimum absolute atomic E-state index is 0.808. The standard InChI is InChI=1S/C62H44N4/c1-3-5-7-18-43(4-2)63-55-25-14-10-21-47(55)51-37-53-49-23-12-16-27-57(49)65(61(53)39-59(51)63)45-33-29-41(30-34-45)42-31-35-46(36-32-42)66-58-28-17-13-24-50(58)54-38-52-48-22-11-15-26-56(48)64(60(52)40-62(54)66)44-19-8-6-9-20-44/h3-17,19-40H,1,18H2,2H3/b7-5-,43-4+. The number of allylic oxidation sites excluding steroid dienone is 5. The third-order valence-corrected chi connectivity index (χ3v) is 13.8. The van der Waals surface area contributed by atoms with Crippen LogP contribution in [-0.2, 0) is 0 Å². The van der Waals surface area contributed by atoms with Gasteiger partial charge >= 0.3 is 0 Å². The number of rotatable bonds is 8. The summed E-state index contributed by atoms with van der Waals surface area (Å²) in [6, 6.07) is 73.7. The summed E-state index contributed by atoms with van der Waals surface area (Å²) in [7, 11) is 0. The van der Waals surface area contributed by atoms with E-state index in [0.717, 1.165) is 23.5 Å². The molecule has 66 heavy (non-hydrogen) atoms. The molecule has 0 N–H and O–H groups in total. The summed E-state index contributed by atoms with van der Waals surface area (Å²) in [5.41, 5.74) is 16.6. The molecular weight excluding hydrogens is 801 g/mol. The minimum Gasteiger partial charge on any atom is -0.313 e. The Kier molecular flexibility index (Phi) is 8.62. The van der Waals surface area contributed by atoms with Gasteiger partial charge in [-0.2, -0.15) is 0 Å². The molecule has 0 aliphatic rings. The third kappa shape index (κ3) is 5.65. The molecule has 0 bridgehead atoms. The number of hydrogen-bond donors (Lipinski definition) is 0. The minimum atomic E-state index is 0.808. The van der Waals surface area contributed by atoms with Gasteiger partial charge in [0.05, 0.1) is 44.1 Å². The highest BCUT2D eigenvalue weighted by Crippen LogP contribution is 2.42. The van der Waals surface area contributed by atoms with Gasteiger partial charge < -0.3 is 18.3 Å². The van der Waals surface area contributed by atoms with Crippen molar-refractivity contribution in [3.05, 3.63) is 231 Å². The SMILES string of the molecule is C=C/C=C\C/C(=C\C)n1c2ccccc2c2cc3c4ccccc4n(-c4ccc(-c5ccc(-n6c7ccccc7c7cc8c9ccccc9n(-c9ccccc9)c8cc76)cc5)cc4)c3cc21. The van der Waals surface area contributed by atoms with Gasteiger partial charge in [0.25, 0.3) is 0 Å². The van der Waals surface area contributed by atoms with E-state index < -0.39 is 0 Å². The van der Waals surface area contributed by atoms with Crippen LogP contribution in [0.3, 0.4) is 0 Å². The molecule has 0 spiro atoms. The van der Waals surface area contributed by atoms with Crippen LogP contribution in [-0.4, -0.2) is 18.3 Å². The van der Waals surface area contributed by atoms with Gasteiger partial charge in [-0.25, -0.2) is 0 Å². The topological polar surface area (TPSA) is 19.7 Å². The number of nitrogens with zero attached hydrogens (tertiary/aromatic N) is 4. The van der Waals surface area contributed by atoms with Gasteiger partial charge in [0, 0.05) is 72.3 Å². The monoisotopic (exact) mass is 844 g/mol. The summed E-state index contributed by atoms with van der Waals surface area (Å²) in [4.78, 5) is 0. The second-order valence-corrected chi connectivity index (χ2v) is 17.3. The molecule has 9 aromatic carbocycles. The van der Waals surface area contributed by atoms with Crippen LogP contribution in [0.1, 0.15) is 13.3 Å². The molecule has 0 aliphatic heterocycles. The Hall–Kier alpha value is -8.60. The number of fused-ring (bicyclic) bond motifs is 12. The molecule has 0 radical (unpaired) electrons. The molecule has 4 aromatic heterocycles.